The smallest absolute Gasteiger partial charge is 0.271 e. The van der Waals surface area contributed by atoms with Crippen molar-refractivity contribution in [2.75, 3.05) is 11.9 Å². The van der Waals surface area contributed by atoms with Crippen LogP contribution in [0.3, 0.4) is 0 Å². The Morgan fingerprint density at radius 2 is 2.47 bits per heavy atom. The summed E-state index contributed by atoms with van der Waals surface area (Å²) < 4.78 is 1.98. The van der Waals surface area contributed by atoms with E-state index in [2.05, 4.69) is 15.6 Å². The average Bonchev–Trinajstić information content (AvgIpc) is 2.59. The van der Waals surface area contributed by atoms with Gasteiger partial charge in [-0.1, -0.05) is 0 Å². The number of rotatable bonds is 2. The molecule has 1 aliphatic heterocycles. The molecule has 0 spiro atoms. The summed E-state index contributed by atoms with van der Waals surface area (Å²) in [6.07, 6.45) is 2.88. The van der Waals surface area contributed by atoms with Crippen LogP contribution in [0.25, 0.3) is 0 Å². The Morgan fingerprint density at radius 3 is 3.13 bits per heavy atom. The molecule has 2 rings (SSSR count). The molecule has 0 unspecified atom stereocenters. The number of hydrogen-bond acceptors (Lipinski definition) is 3. The van der Waals surface area contributed by atoms with Crippen LogP contribution in [0, 0.1) is 0 Å². The van der Waals surface area contributed by atoms with Crippen molar-refractivity contribution in [3.63, 3.8) is 0 Å². The van der Waals surface area contributed by atoms with Crippen LogP contribution in [0.2, 0.25) is 0 Å². The van der Waals surface area contributed by atoms with Crippen LogP contribution in [0.5, 0.6) is 0 Å². The molecule has 1 aromatic rings. The minimum Gasteiger partial charge on any atom is -0.356 e. The minimum absolute atomic E-state index is 0.103. The van der Waals surface area contributed by atoms with Gasteiger partial charge in [0.1, 0.15) is 5.69 Å². The van der Waals surface area contributed by atoms with E-state index < -0.39 is 0 Å². The Labute approximate surface area is 88.9 Å². The summed E-state index contributed by atoms with van der Waals surface area (Å²) >= 11 is 0. The first-order valence-corrected chi connectivity index (χ1v) is 5.28. The van der Waals surface area contributed by atoms with Crippen LogP contribution < -0.4 is 10.6 Å². The number of anilines is 1. The summed E-state index contributed by atoms with van der Waals surface area (Å²) in [5.74, 6) is 0.698. The van der Waals surface area contributed by atoms with Crippen molar-refractivity contribution in [2.24, 2.45) is 0 Å². The molecule has 1 aromatic heterocycles. The van der Waals surface area contributed by atoms with Gasteiger partial charge in [-0.15, -0.1) is 0 Å². The van der Waals surface area contributed by atoms with Crippen LogP contribution in [-0.2, 0) is 6.54 Å². The summed E-state index contributed by atoms with van der Waals surface area (Å²) in [6, 6.07) is 0.143. The van der Waals surface area contributed by atoms with Crippen molar-refractivity contribution in [2.45, 2.75) is 32.9 Å². The van der Waals surface area contributed by atoms with E-state index in [0.29, 0.717) is 5.69 Å². The monoisotopic (exact) mass is 208 g/mol. The summed E-state index contributed by atoms with van der Waals surface area (Å²) in [7, 11) is 0. The van der Waals surface area contributed by atoms with Crippen molar-refractivity contribution < 1.29 is 4.79 Å². The molecule has 15 heavy (non-hydrogen) atoms. The molecule has 1 aliphatic rings. The van der Waals surface area contributed by atoms with Gasteiger partial charge in [0.05, 0.1) is 0 Å². The highest BCUT2D eigenvalue weighted by molar-refractivity contribution is 5.92. The van der Waals surface area contributed by atoms with Crippen molar-refractivity contribution in [1.29, 1.82) is 0 Å². The molecule has 0 radical (unpaired) electrons. The second-order valence-electron chi connectivity index (χ2n) is 4.05. The SMILES string of the molecule is CC(C)NC(=O)c1cn2c(n1)NCCC2. The zero-order valence-corrected chi connectivity index (χ0v) is 9.08. The molecule has 0 aromatic carbocycles. The van der Waals surface area contributed by atoms with Gasteiger partial charge in [0.15, 0.2) is 0 Å². The lowest BCUT2D eigenvalue weighted by atomic mass is 10.3. The zero-order valence-electron chi connectivity index (χ0n) is 9.08. The van der Waals surface area contributed by atoms with Gasteiger partial charge in [-0.2, -0.15) is 0 Å². The number of nitrogens with zero attached hydrogens (tertiary/aromatic N) is 2. The molecule has 0 saturated heterocycles. The van der Waals surface area contributed by atoms with Crippen LogP contribution in [0.15, 0.2) is 6.20 Å². The average molecular weight is 208 g/mol. The first kappa shape index (κ1) is 10.0. The number of hydrogen-bond donors (Lipinski definition) is 2. The summed E-state index contributed by atoms with van der Waals surface area (Å²) in [5.41, 5.74) is 0.494. The van der Waals surface area contributed by atoms with Crippen LogP contribution in [0.1, 0.15) is 30.8 Å². The predicted octanol–water partition coefficient (Wildman–Crippen LogP) is 0.837. The van der Waals surface area contributed by atoms with Gasteiger partial charge in [-0.25, -0.2) is 4.98 Å². The zero-order chi connectivity index (χ0) is 10.8. The molecule has 0 bridgehead atoms. The number of aromatic nitrogens is 2. The van der Waals surface area contributed by atoms with Crippen molar-refractivity contribution >= 4 is 11.9 Å². The van der Waals surface area contributed by atoms with Gasteiger partial charge in [-0.05, 0) is 20.3 Å². The highest BCUT2D eigenvalue weighted by atomic mass is 16.2. The predicted molar refractivity (Wildman–Crippen MR) is 57.9 cm³/mol. The molecule has 5 heteroatoms. The Morgan fingerprint density at radius 1 is 1.67 bits per heavy atom. The third-order valence-electron chi connectivity index (χ3n) is 2.29. The third kappa shape index (κ3) is 2.11. The second kappa shape index (κ2) is 3.92. The highest BCUT2D eigenvalue weighted by Crippen LogP contribution is 2.13. The number of fused-ring (bicyclic) bond motifs is 1. The fourth-order valence-electron chi connectivity index (χ4n) is 1.62. The molecule has 0 fully saturated rings. The van der Waals surface area contributed by atoms with Gasteiger partial charge in [-0.3, -0.25) is 4.79 Å². The number of aryl methyl sites for hydroxylation is 1. The topological polar surface area (TPSA) is 59.0 Å². The van der Waals surface area contributed by atoms with Crippen molar-refractivity contribution in [3.8, 4) is 0 Å². The molecule has 1 amide bonds. The fraction of sp³-hybridized carbons (Fsp3) is 0.600. The fourth-order valence-corrected chi connectivity index (χ4v) is 1.62. The summed E-state index contributed by atoms with van der Waals surface area (Å²) in [4.78, 5) is 15.9. The Bertz CT molecular complexity index is 346. The number of carbonyl (C=O) groups excluding carboxylic acids is 1. The van der Waals surface area contributed by atoms with Crippen LogP contribution >= 0.6 is 0 Å². The van der Waals surface area contributed by atoms with Gasteiger partial charge < -0.3 is 15.2 Å². The summed E-state index contributed by atoms with van der Waals surface area (Å²) in [6.45, 7) is 5.74. The molecule has 2 heterocycles. The normalized spacial score (nSPS) is 14.6. The lowest BCUT2D eigenvalue weighted by molar-refractivity contribution is 0.0938. The first-order valence-electron chi connectivity index (χ1n) is 5.28. The van der Waals surface area contributed by atoms with Gasteiger partial charge in [0.25, 0.3) is 5.91 Å². The number of imidazole rings is 1. The van der Waals surface area contributed by atoms with Gasteiger partial charge in [0, 0.05) is 25.3 Å². The highest BCUT2D eigenvalue weighted by Gasteiger charge is 2.16. The molecular weight excluding hydrogens is 192 g/mol. The van der Waals surface area contributed by atoms with Gasteiger partial charge in [0.2, 0.25) is 5.95 Å². The maximum absolute atomic E-state index is 11.7. The Kier molecular flexibility index (Phi) is 2.62. The van der Waals surface area contributed by atoms with E-state index in [0.717, 1.165) is 25.5 Å². The lowest BCUT2D eigenvalue weighted by Crippen LogP contribution is -2.30. The summed E-state index contributed by atoms with van der Waals surface area (Å²) in [5, 5.41) is 5.99. The number of nitrogens with one attached hydrogen (secondary N) is 2. The van der Waals surface area contributed by atoms with E-state index in [1.807, 2.05) is 18.4 Å². The van der Waals surface area contributed by atoms with Gasteiger partial charge >= 0.3 is 0 Å². The van der Waals surface area contributed by atoms with E-state index in [1.54, 1.807) is 6.20 Å². The quantitative estimate of drug-likeness (QED) is 0.757. The van der Waals surface area contributed by atoms with E-state index in [4.69, 9.17) is 0 Å². The molecule has 0 aliphatic carbocycles. The molecule has 0 atom stereocenters. The maximum Gasteiger partial charge on any atom is 0.271 e. The largest absolute Gasteiger partial charge is 0.356 e. The van der Waals surface area contributed by atoms with Crippen LogP contribution in [0.4, 0.5) is 5.95 Å². The Hall–Kier alpha value is -1.52. The van der Waals surface area contributed by atoms with Crippen LogP contribution in [-0.4, -0.2) is 28.0 Å². The van der Waals surface area contributed by atoms with E-state index in [1.165, 1.54) is 0 Å². The number of amides is 1. The van der Waals surface area contributed by atoms with E-state index >= 15 is 0 Å². The maximum atomic E-state index is 11.7. The molecule has 2 N–H and O–H groups in total. The van der Waals surface area contributed by atoms with E-state index in [9.17, 15) is 4.79 Å². The van der Waals surface area contributed by atoms with Crippen molar-refractivity contribution in [3.05, 3.63) is 11.9 Å². The van der Waals surface area contributed by atoms with E-state index in [-0.39, 0.29) is 11.9 Å². The third-order valence-corrected chi connectivity index (χ3v) is 2.29. The molecule has 5 nitrogen and oxygen atoms in total. The molecule has 82 valence electrons. The van der Waals surface area contributed by atoms with Crippen molar-refractivity contribution in [1.82, 2.24) is 14.9 Å². The minimum atomic E-state index is -0.103. The second-order valence-corrected chi connectivity index (χ2v) is 4.05. The first-order chi connectivity index (χ1) is 7.16. The lowest BCUT2D eigenvalue weighted by Gasteiger charge is -2.14. The molecule has 0 saturated carbocycles. The number of carbonyl (C=O) groups is 1. The molecular formula is C10H16N4O. The Balaban J connectivity index is 2.15. The standard InChI is InChI=1S/C10H16N4O/c1-7(2)12-9(15)8-6-14-5-3-4-11-10(14)13-8/h6-7H,3-5H2,1-2H3,(H,11,13)(H,12,15).